The van der Waals surface area contributed by atoms with Crippen LogP contribution in [0.3, 0.4) is 0 Å². The normalized spacial score (nSPS) is 16.0. The average molecular weight is 701 g/mol. The molecule has 0 saturated carbocycles. The second-order valence-corrected chi connectivity index (χ2v) is 13.8. The maximum absolute atomic E-state index is 13.5. The number of fused-ring (bicyclic) bond motifs is 2. The zero-order valence-corrected chi connectivity index (χ0v) is 28.7. The van der Waals surface area contributed by atoms with E-state index in [1.54, 1.807) is 40.0 Å². The molecule has 0 bridgehead atoms. The maximum Gasteiger partial charge on any atom is 0.320 e. The van der Waals surface area contributed by atoms with Crippen molar-refractivity contribution >= 4 is 40.7 Å². The Morgan fingerprint density at radius 2 is 1.78 bits per heavy atom. The summed E-state index contributed by atoms with van der Waals surface area (Å²) < 4.78 is 11.7. The van der Waals surface area contributed by atoms with Gasteiger partial charge in [0.2, 0.25) is 0 Å². The lowest BCUT2D eigenvalue weighted by atomic mass is 9.85. The van der Waals surface area contributed by atoms with Crippen molar-refractivity contribution in [3.63, 3.8) is 0 Å². The van der Waals surface area contributed by atoms with Crippen molar-refractivity contribution in [2.75, 3.05) is 11.9 Å². The number of pyridine rings is 1. The summed E-state index contributed by atoms with van der Waals surface area (Å²) >= 11 is 13.0. The van der Waals surface area contributed by atoms with Gasteiger partial charge in [0.15, 0.2) is 11.5 Å². The molecule has 1 aliphatic rings. The molecular formula is C35H35Cl2N9O3. The molecule has 252 valence electrons. The van der Waals surface area contributed by atoms with Crippen molar-refractivity contribution in [1.29, 1.82) is 0 Å². The minimum Gasteiger partial charge on any atom is -0.484 e. The van der Waals surface area contributed by atoms with Crippen LogP contribution in [-0.2, 0) is 12.0 Å². The van der Waals surface area contributed by atoms with Crippen LogP contribution < -0.4 is 15.4 Å². The molecule has 0 unspecified atom stereocenters. The summed E-state index contributed by atoms with van der Waals surface area (Å²) in [6.07, 6.45) is 6.36. The summed E-state index contributed by atoms with van der Waals surface area (Å²) in [7, 11) is 0. The van der Waals surface area contributed by atoms with E-state index < -0.39 is 0 Å². The summed E-state index contributed by atoms with van der Waals surface area (Å²) in [5, 5.41) is 34.2. The minimum atomic E-state index is -0.354. The molecule has 12 nitrogen and oxygen atoms in total. The van der Waals surface area contributed by atoms with Gasteiger partial charge in [-0.2, -0.15) is 10.2 Å². The van der Waals surface area contributed by atoms with E-state index in [0.717, 1.165) is 16.8 Å². The van der Waals surface area contributed by atoms with Gasteiger partial charge < -0.3 is 15.2 Å². The van der Waals surface area contributed by atoms with E-state index in [-0.39, 0.29) is 30.2 Å². The highest BCUT2D eigenvalue weighted by molar-refractivity contribution is 6.39. The second kappa shape index (κ2) is 13.2. The van der Waals surface area contributed by atoms with Crippen LogP contribution in [-0.4, -0.2) is 51.9 Å². The van der Waals surface area contributed by atoms with Crippen LogP contribution in [0.15, 0.2) is 79.3 Å². The molecule has 0 aliphatic heterocycles. The number of anilines is 1. The summed E-state index contributed by atoms with van der Waals surface area (Å²) in [5.41, 5.74) is 4.44. The molecule has 2 atom stereocenters. The largest absolute Gasteiger partial charge is 0.484 e. The Bertz CT molecular complexity index is 2130. The van der Waals surface area contributed by atoms with Crippen molar-refractivity contribution in [3.05, 3.63) is 106 Å². The summed E-state index contributed by atoms with van der Waals surface area (Å²) in [6.45, 7) is 6.51. The van der Waals surface area contributed by atoms with Gasteiger partial charge in [0.05, 0.1) is 59.1 Å². The summed E-state index contributed by atoms with van der Waals surface area (Å²) in [6, 6.07) is 18.3. The molecule has 0 saturated heterocycles. The topological polar surface area (TPSA) is 136 Å². The van der Waals surface area contributed by atoms with Gasteiger partial charge in [-0.15, -0.1) is 10.2 Å². The maximum atomic E-state index is 13.5. The molecular weight excluding hydrogens is 665 g/mol. The number of rotatable bonds is 8. The van der Waals surface area contributed by atoms with Crippen LogP contribution in [0.4, 0.5) is 10.6 Å². The highest BCUT2D eigenvalue weighted by Crippen LogP contribution is 2.40. The lowest BCUT2D eigenvalue weighted by Crippen LogP contribution is -2.36. The van der Waals surface area contributed by atoms with E-state index in [9.17, 15) is 9.90 Å². The molecule has 14 heteroatoms. The fraction of sp³-hybridized carbons (Fsp3) is 0.286. The number of nitrogens with one attached hydrogen (secondary N) is 2. The van der Waals surface area contributed by atoms with Crippen LogP contribution in [0, 0.1) is 0 Å². The molecule has 0 radical (unpaired) electrons. The highest BCUT2D eigenvalue weighted by atomic mass is 35.5. The molecule has 3 N–H and O–H groups in total. The average Bonchev–Trinajstić information content (AvgIpc) is 3.81. The SMILES string of the molecule is CC(C)(C)c1cc(NC(=O)N[C@H]2CC[C@@H](Oc3ccc4nnc(-c5c(Cl)cccc5Cl)n4c3)c3ccccc32)n(-c2cnn(CCO)c2)n1. The number of carbonyl (C=O) groups excluding carboxylic acids is 1. The Hall–Kier alpha value is -4.91. The molecule has 2 aromatic carbocycles. The van der Waals surface area contributed by atoms with E-state index >= 15 is 0 Å². The van der Waals surface area contributed by atoms with Crippen molar-refractivity contribution in [1.82, 2.24) is 39.5 Å². The number of aliphatic hydroxyl groups excluding tert-OH is 1. The number of ether oxygens (including phenoxy) is 1. The first kappa shape index (κ1) is 32.6. The molecule has 4 aromatic heterocycles. The number of benzene rings is 2. The Labute approximate surface area is 292 Å². The van der Waals surface area contributed by atoms with Crippen molar-refractivity contribution in [2.24, 2.45) is 0 Å². The van der Waals surface area contributed by atoms with Crippen LogP contribution in [0.25, 0.3) is 22.7 Å². The van der Waals surface area contributed by atoms with Gasteiger partial charge in [0.1, 0.15) is 23.4 Å². The first-order valence-corrected chi connectivity index (χ1v) is 16.7. The number of aliphatic hydroxyl groups is 1. The first-order chi connectivity index (χ1) is 23.6. The molecule has 7 rings (SSSR count). The summed E-state index contributed by atoms with van der Waals surface area (Å²) in [5.74, 6) is 1.66. The molecule has 1 aliphatic carbocycles. The third kappa shape index (κ3) is 6.59. The van der Waals surface area contributed by atoms with Gasteiger partial charge in [-0.3, -0.25) is 14.4 Å². The lowest BCUT2D eigenvalue weighted by molar-refractivity contribution is 0.171. The third-order valence-corrected chi connectivity index (χ3v) is 9.12. The van der Waals surface area contributed by atoms with Gasteiger partial charge in [-0.25, -0.2) is 9.48 Å². The zero-order chi connectivity index (χ0) is 34.3. The van der Waals surface area contributed by atoms with Crippen LogP contribution >= 0.6 is 23.2 Å². The van der Waals surface area contributed by atoms with E-state index in [1.165, 1.54) is 0 Å². The second-order valence-electron chi connectivity index (χ2n) is 12.9. The lowest BCUT2D eigenvalue weighted by Gasteiger charge is -2.32. The van der Waals surface area contributed by atoms with Gasteiger partial charge in [-0.05, 0) is 48.2 Å². The fourth-order valence-electron chi connectivity index (χ4n) is 6.04. The van der Waals surface area contributed by atoms with E-state index in [1.807, 2.05) is 53.1 Å². The number of amides is 2. The number of halogens is 2. The predicted octanol–water partition coefficient (Wildman–Crippen LogP) is 7.15. The Kier molecular flexibility index (Phi) is 8.78. The first-order valence-electron chi connectivity index (χ1n) is 16.0. The molecule has 4 heterocycles. The van der Waals surface area contributed by atoms with E-state index in [0.29, 0.717) is 63.7 Å². The summed E-state index contributed by atoms with van der Waals surface area (Å²) in [4.78, 5) is 13.5. The smallest absolute Gasteiger partial charge is 0.320 e. The van der Waals surface area contributed by atoms with Crippen LogP contribution in [0.2, 0.25) is 10.0 Å². The number of urea groups is 1. The minimum absolute atomic E-state index is 0.0348. The molecule has 0 fully saturated rings. The monoisotopic (exact) mass is 699 g/mol. The molecule has 0 spiro atoms. The number of aromatic nitrogens is 7. The number of carbonyl (C=O) groups is 1. The van der Waals surface area contributed by atoms with Crippen molar-refractivity contribution < 1.29 is 14.6 Å². The quantitative estimate of drug-likeness (QED) is 0.153. The van der Waals surface area contributed by atoms with Gasteiger partial charge >= 0.3 is 6.03 Å². The van der Waals surface area contributed by atoms with Crippen molar-refractivity contribution in [2.45, 2.75) is 57.7 Å². The Morgan fingerprint density at radius 1 is 1.00 bits per heavy atom. The number of nitrogens with zero attached hydrogens (tertiary/aromatic N) is 7. The van der Waals surface area contributed by atoms with Crippen LogP contribution in [0.1, 0.15) is 62.6 Å². The third-order valence-electron chi connectivity index (χ3n) is 8.49. The predicted molar refractivity (Wildman–Crippen MR) is 188 cm³/mol. The standard InChI is InChI=1S/C35H35Cl2N9O3/c1-35(2,3)29-17-31(46(43-29)21-18-38-44(19-21)15-16-47)40-34(48)39-27-12-13-28(24-8-5-4-7-23(24)27)49-22-11-14-30-41-42-33(45(30)20-22)32-25(36)9-6-10-26(32)37/h4-11,14,17-20,27-28,47H,12-13,15-16H2,1-3H3,(H2,39,40,48)/t27-,28+/m0/s1. The Balaban J connectivity index is 1.10. The highest BCUT2D eigenvalue weighted by Gasteiger charge is 2.30. The zero-order valence-electron chi connectivity index (χ0n) is 27.1. The van der Waals surface area contributed by atoms with Gasteiger partial charge in [0, 0.05) is 11.5 Å². The fourth-order valence-corrected chi connectivity index (χ4v) is 6.61. The van der Waals surface area contributed by atoms with E-state index in [2.05, 4.69) is 46.7 Å². The molecule has 49 heavy (non-hydrogen) atoms. The van der Waals surface area contributed by atoms with Gasteiger partial charge in [-0.1, -0.05) is 74.3 Å². The molecule has 2 amide bonds. The Morgan fingerprint density at radius 3 is 2.53 bits per heavy atom. The van der Waals surface area contributed by atoms with E-state index in [4.69, 9.17) is 33.0 Å². The number of hydrogen-bond acceptors (Lipinski definition) is 7. The van der Waals surface area contributed by atoms with Crippen molar-refractivity contribution in [3.8, 4) is 22.8 Å². The number of hydrogen-bond donors (Lipinski definition) is 3. The van der Waals surface area contributed by atoms with Gasteiger partial charge in [0.25, 0.3) is 0 Å². The molecule has 6 aromatic rings. The van der Waals surface area contributed by atoms with Crippen LogP contribution in [0.5, 0.6) is 5.75 Å².